The maximum Gasteiger partial charge on any atom is 0.301 e. The third kappa shape index (κ3) is 4.49. The number of ketones is 1. The van der Waals surface area contributed by atoms with Gasteiger partial charge in [-0.3, -0.25) is 18.9 Å². The van der Waals surface area contributed by atoms with Gasteiger partial charge in [-0.25, -0.2) is 9.97 Å². The third-order valence-electron chi connectivity index (χ3n) is 6.80. The summed E-state index contributed by atoms with van der Waals surface area (Å²) in [5, 5.41) is 12.6. The Morgan fingerprint density at radius 2 is 1.80 bits per heavy atom. The van der Waals surface area contributed by atoms with Crippen LogP contribution in [-0.4, -0.2) is 44.4 Å². The van der Waals surface area contributed by atoms with Gasteiger partial charge in [0.2, 0.25) is 0 Å². The van der Waals surface area contributed by atoms with Gasteiger partial charge >= 0.3 is 5.91 Å². The fraction of sp³-hybridized carbons (Fsp3) is 0.200. The minimum absolute atomic E-state index is 0.0763. The number of hydrogen-bond acceptors (Lipinski definition) is 8. The Morgan fingerprint density at radius 1 is 1.02 bits per heavy atom. The van der Waals surface area contributed by atoms with Crippen LogP contribution in [0.5, 0.6) is 11.5 Å². The molecule has 1 saturated heterocycles. The highest BCUT2D eigenvalue weighted by Crippen LogP contribution is 2.46. The van der Waals surface area contributed by atoms with E-state index in [9.17, 15) is 14.7 Å². The number of rotatable bonds is 7. The molecule has 4 heterocycles. The normalized spacial score (nSPS) is 16.7. The quantitative estimate of drug-likeness (QED) is 0.134. The monoisotopic (exact) mass is 588 g/mol. The van der Waals surface area contributed by atoms with Gasteiger partial charge < -0.3 is 14.6 Å². The second-order valence-electron chi connectivity index (χ2n) is 9.32. The van der Waals surface area contributed by atoms with Crippen LogP contribution in [0.2, 0.25) is 5.02 Å². The number of aliphatic hydroxyl groups excluding tert-OH is 1. The Morgan fingerprint density at radius 3 is 2.59 bits per heavy atom. The second kappa shape index (κ2) is 10.5. The first-order valence-corrected chi connectivity index (χ1v) is 14.2. The van der Waals surface area contributed by atoms with Crippen LogP contribution in [0.3, 0.4) is 0 Å². The summed E-state index contributed by atoms with van der Waals surface area (Å²) in [5.41, 5.74) is 2.54. The van der Waals surface area contributed by atoms with Crippen LogP contribution in [0.25, 0.3) is 21.6 Å². The number of nitrogens with zero attached hydrogens (tertiary/aromatic N) is 4. The highest BCUT2D eigenvalue weighted by Gasteiger charge is 2.49. The Balaban J connectivity index is 1.61. The molecule has 0 aliphatic carbocycles. The Kier molecular flexibility index (Phi) is 6.88. The molecule has 2 aromatic carbocycles. The topological polar surface area (TPSA) is 106 Å². The van der Waals surface area contributed by atoms with Crippen LogP contribution < -0.4 is 14.4 Å². The van der Waals surface area contributed by atoms with E-state index in [1.807, 2.05) is 19.9 Å². The summed E-state index contributed by atoms with van der Waals surface area (Å²) in [6.07, 6.45) is 1.75. The van der Waals surface area contributed by atoms with Gasteiger partial charge in [-0.1, -0.05) is 35.1 Å². The molecule has 6 rings (SSSR count). The summed E-state index contributed by atoms with van der Waals surface area (Å²) in [7, 11) is 0. The molecule has 208 valence electrons. The predicted octanol–water partition coefficient (Wildman–Crippen LogP) is 6.33. The fourth-order valence-electron chi connectivity index (χ4n) is 5.10. The van der Waals surface area contributed by atoms with Crippen LogP contribution in [-0.2, 0) is 9.59 Å². The SMILES string of the molecule is CCOc1ccc(C2/C(=C(\O)c3c(C)nc4ccccn34)C(=O)C(=O)N2c2nc3ccc(Cl)cc3s2)cc1OCC. The minimum Gasteiger partial charge on any atom is -0.505 e. The molecule has 3 aromatic heterocycles. The number of carbonyl (C=O) groups is 2. The van der Waals surface area contributed by atoms with E-state index in [0.717, 1.165) is 4.70 Å². The van der Waals surface area contributed by atoms with E-state index in [2.05, 4.69) is 9.97 Å². The van der Waals surface area contributed by atoms with Crippen molar-refractivity contribution in [2.24, 2.45) is 0 Å². The lowest BCUT2D eigenvalue weighted by atomic mass is 9.96. The smallest absolute Gasteiger partial charge is 0.301 e. The first kappa shape index (κ1) is 26.8. The van der Waals surface area contributed by atoms with Crippen molar-refractivity contribution < 1.29 is 24.2 Å². The number of carbonyl (C=O) groups excluding carboxylic acids is 2. The Labute approximate surface area is 244 Å². The van der Waals surface area contributed by atoms with E-state index < -0.39 is 17.7 Å². The number of pyridine rings is 1. The molecule has 5 aromatic rings. The van der Waals surface area contributed by atoms with E-state index in [4.69, 9.17) is 21.1 Å². The summed E-state index contributed by atoms with van der Waals surface area (Å²) in [6.45, 7) is 6.28. The van der Waals surface area contributed by atoms with Gasteiger partial charge in [0.15, 0.2) is 22.4 Å². The number of aliphatic hydroxyl groups is 1. The van der Waals surface area contributed by atoms with Crippen LogP contribution in [0.15, 0.2) is 66.4 Å². The predicted molar refractivity (Wildman–Crippen MR) is 158 cm³/mol. The van der Waals surface area contributed by atoms with Gasteiger partial charge in [0.05, 0.1) is 40.7 Å². The van der Waals surface area contributed by atoms with Gasteiger partial charge in [0.1, 0.15) is 11.3 Å². The number of ether oxygens (including phenoxy) is 2. The zero-order valence-electron chi connectivity index (χ0n) is 22.4. The minimum atomic E-state index is -1.01. The molecule has 1 N–H and O–H groups in total. The van der Waals surface area contributed by atoms with Crippen molar-refractivity contribution in [1.82, 2.24) is 14.4 Å². The number of aromatic nitrogens is 3. The second-order valence-corrected chi connectivity index (χ2v) is 10.8. The number of thiazole rings is 1. The number of benzene rings is 2. The first-order valence-electron chi connectivity index (χ1n) is 13.0. The van der Waals surface area contributed by atoms with Crippen molar-refractivity contribution >= 4 is 61.4 Å². The number of halogens is 1. The third-order valence-corrected chi connectivity index (χ3v) is 8.05. The molecule has 0 radical (unpaired) electrons. The molecule has 0 saturated carbocycles. The van der Waals surface area contributed by atoms with Gasteiger partial charge in [0, 0.05) is 11.2 Å². The van der Waals surface area contributed by atoms with E-state index >= 15 is 0 Å². The largest absolute Gasteiger partial charge is 0.505 e. The summed E-state index contributed by atoms with van der Waals surface area (Å²) in [6, 6.07) is 14.9. The highest BCUT2D eigenvalue weighted by atomic mass is 35.5. The molecule has 1 atom stereocenters. The maximum atomic E-state index is 13.8. The van der Waals surface area contributed by atoms with E-state index in [1.165, 1.54) is 16.2 Å². The number of anilines is 1. The number of amides is 1. The van der Waals surface area contributed by atoms with Crippen molar-refractivity contribution in [3.63, 3.8) is 0 Å². The lowest BCUT2D eigenvalue weighted by Gasteiger charge is -2.24. The molecule has 9 nitrogen and oxygen atoms in total. The van der Waals surface area contributed by atoms with E-state index in [0.29, 0.717) is 63.0 Å². The number of imidazole rings is 1. The van der Waals surface area contributed by atoms with Crippen LogP contribution in [0.1, 0.15) is 36.8 Å². The molecular formula is C30H25ClN4O5S. The van der Waals surface area contributed by atoms with Gasteiger partial charge in [0.25, 0.3) is 5.78 Å². The molecule has 1 fully saturated rings. The number of hydrogen-bond donors (Lipinski definition) is 1. The standard InChI is InChI=1S/C30H25ClN4O5S/c1-4-39-20-12-9-17(14-21(20)40-5-2)26-24(27(36)25-16(3)32-23-8-6-7-13-34(23)25)28(37)29(38)35(26)30-33-19-11-10-18(31)15-22(19)41-30/h6-15,26,36H,4-5H2,1-3H3/b27-24+. The summed E-state index contributed by atoms with van der Waals surface area (Å²) < 4.78 is 14.0. The molecule has 1 amide bonds. The highest BCUT2D eigenvalue weighted by molar-refractivity contribution is 7.22. The van der Waals surface area contributed by atoms with Gasteiger partial charge in [-0.15, -0.1) is 0 Å². The molecule has 11 heteroatoms. The molecule has 1 aliphatic rings. The summed E-state index contributed by atoms with van der Waals surface area (Å²) >= 11 is 7.44. The maximum absolute atomic E-state index is 13.8. The van der Waals surface area contributed by atoms with E-state index in [1.54, 1.807) is 66.1 Å². The summed E-state index contributed by atoms with van der Waals surface area (Å²) in [4.78, 5) is 38.0. The molecule has 1 aliphatic heterocycles. The Hall–Kier alpha value is -4.41. The van der Waals surface area contributed by atoms with Crippen molar-refractivity contribution in [3.8, 4) is 11.5 Å². The van der Waals surface area contributed by atoms with Gasteiger partial charge in [-0.05, 0) is 68.8 Å². The van der Waals surface area contributed by atoms with Gasteiger partial charge in [-0.2, -0.15) is 0 Å². The zero-order chi connectivity index (χ0) is 28.8. The zero-order valence-corrected chi connectivity index (χ0v) is 24.0. The number of Topliss-reactive ketones (excluding diaryl/α,β-unsaturated/α-hetero) is 1. The van der Waals surface area contributed by atoms with Crippen molar-refractivity contribution in [3.05, 3.63) is 88.3 Å². The number of fused-ring (bicyclic) bond motifs is 2. The summed E-state index contributed by atoms with van der Waals surface area (Å²) in [5.74, 6) is -0.980. The molecular weight excluding hydrogens is 564 g/mol. The lowest BCUT2D eigenvalue weighted by molar-refractivity contribution is -0.132. The van der Waals surface area contributed by atoms with Crippen molar-refractivity contribution in [2.75, 3.05) is 18.1 Å². The number of aryl methyl sites for hydroxylation is 1. The Bertz CT molecular complexity index is 1880. The van der Waals surface area contributed by atoms with E-state index in [-0.39, 0.29) is 11.3 Å². The molecule has 1 unspecified atom stereocenters. The average Bonchev–Trinajstić information content (AvgIpc) is 3.60. The molecule has 0 bridgehead atoms. The van der Waals surface area contributed by atoms with Crippen LogP contribution >= 0.6 is 22.9 Å². The fourth-order valence-corrected chi connectivity index (χ4v) is 6.37. The van der Waals surface area contributed by atoms with Crippen LogP contribution in [0.4, 0.5) is 5.13 Å². The van der Waals surface area contributed by atoms with Crippen molar-refractivity contribution in [1.29, 1.82) is 0 Å². The van der Waals surface area contributed by atoms with Crippen LogP contribution in [0, 0.1) is 6.92 Å². The lowest BCUT2D eigenvalue weighted by Crippen LogP contribution is -2.29. The molecule has 0 spiro atoms. The van der Waals surface area contributed by atoms with Crippen molar-refractivity contribution in [2.45, 2.75) is 26.8 Å². The first-order chi connectivity index (χ1) is 19.8. The average molecular weight is 589 g/mol. The molecule has 41 heavy (non-hydrogen) atoms.